The van der Waals surface area contributed by atoms with Gasteiger partial charge in [0.15, 0.2) is 0 Å². The fraction of sp³-hybridized carbons (Fsp3) is 0.667. The topological polar surface area (TPSA) is 91.8 Å². The molecule has 9 nitrogen and oxygen atoms in total. The Bertz CT molecular complexity index is 1240. The molecule has 3 aliphatic heterocycles. The fourth-order valence-electron chi connectivity index (χ4n) is 7.21. The maximum Gasteiger partial charge on any atom is 0.410 e. The number of amides is 1. The van der Waals surface area contributed by atoms with Crippen LogP contribution in [0.3, 0.4) is 0 Å². The second-order valence-electron chi connectivity index (χ2n) is 13.6. The Morgan fingerprint density at radius 2 is 1.70 bits per heavy atom. The number of anilines is 1. The third-order valence-electron chi connectivity index (χ3n) is 10.0. The monoisotopic (exact) mass is 641 g/mol. The van der Waals surface area contributed by atoms with Gasteiger partial charge in [-0.3, -0.25) is 9.69 Å². The molecular weight excluding hydrogens is 589 g/mol. The van der Waals surface area contributed by atoms with Crippen LogP contribution < -0.4 is 4.90 Å². The van der Waals surface area contributed by atoms with Gasteiger partial charge in [0.1, 0.15) is 18.0 Å². The van der Waals surface area contributed by atoms with Crippen molar-refractivity contribution in [2.75, 3.05) is 57.4 Å². The van der Waals surface area contributed by atoms with Gasteiger partial charge < -0.3 is 29.1 Å². The number of hydrogen-bond acceptors (Lipinski definition) is 8. The van der Waals surface area contributed by atoms with Crippen LogP contribution in [0, 0.1) is 17.7 Å². The van der Waals surface area contributed by atoms with Gasteiger partial charge in [0.25, 0.3) is 0 Å². The number of esters is 1. The van der Waals surface area contributed by atoms with Crippen LogP contribution in [0.2, 0.25) is 0 Å². The number of morpholine rings is 1. The van der Waals surface area contributed by atoms with E-state index in [4.69, 9.17) is 14.2 Å². The van der Waals surface area contributed by atoms with Gasteiger partial charge in [-0.25, -0.2) is 9.18 Å². The molecule has 10 heteroatoms. The van der Waals surface area contributed by atoms with Crippen LogP contribution in [0.15, 0.2) is 35.9 Å². The third kappa shape index (κ3) is 9.32. The number of halogens is 1. The molecule has 0 bridgehead atoms. The number of rotatable bonds is 5. The average molecular weight is 642 g/mol. The Morgan fingerprint density at radius 1 is 0.978 bits per heavy atom. The summed E-state index contributed by atoms with van der Waals surface area (Å²) >= 11 is 0. The molecule has 1 aromatic carbocycles. The summed E-state index contributed by atoms with van der Waals surface area (Å²) in [6.45, 7) is 11.5. The van der Waals surface area contributed by atoms with E-state index < -0.39 is 24.3 Å². The number of aliphatic hydroxyl groups excluding tert-OH is 1. The lowest BCUT2D eigenvalue weighted by Gasteiger charge is -2.38. The number of nitrogens with zero attached hydrogens (tertiary/aromatic N) is 3. The van der Waals surface area contributed by atoms with E-state index in [0.29, 0.717) is 63.8 Å². The first-order valence-electron chi connectivity index (χ1n) is 17.2. The molecule has 1 amide bonds. The lowest BCUT2D eigenvalue weighted by Crippen LogP contribution is -2.52. The van der Waals surface area contributed by atoms with E-state index in [1.54, 1.807) is 0 Å². The highest BCUT2D eigenvalue weighted by Crippen LogP contribution is 2.28. The number of cyclic esters (lactones) is 1. The summed E-state index contributed by atoms with van der Waals surface area (Å²) < 4.78 is 32.2. The molecule has 0 aromatic heterocycles. The minimum atomic E-state index is -0.863. The first-order chi connectivity index (χ1) is 22.2. The summed E-state index contributed by atoms with van der Waals surface area (Å²) in [7, 11) is 0. The number of hydrogen-bond donors (Lipinski definition) is 1. The molecule has 46 heavy (non-hydrogen) atoms. The van der Waals surface area contributed by atoms with Crippen molar-refractivity contribution in [2.24, 2.45) is 11.8 Å². The Kier molecular flexibility index (Phi) is 12.1. The van der Waals surface area contributed by atoms with Crippen molar-refractivity contribution in [3.05, 3.63) is 47.3 Å². The summed E-state index contributed by atoms with van der Waals surface area (Å²) in [5.41, 5.74) is 2.20. The van der Waals surface area contributed by atoms with Crippen molar-refractivity contribution in [1.29, 1.82) is 0 Å². The maximum atomic E-state index is 14.7. The molecule has 0 unspecified atom stereocenters. The highest BCUT2D eigenvalue weighted by molar-refractivity contribution is 5.71. The zero-order valence-corrected chi connectivity index (χ0v) is 27.7. The van der Waals surface area contributed by atoms with Gasteiger partial charge in [-0.2, -0.15) is 0 Å². The zero-order valence-electron chi connectivity index (χ0n) is 27.7. The predicted molar refractivity (Wildman–Crippen MR) is 176 cm³/mol. The second-order valence-corrected chi connectivity index (χ2v) is 13.6. The normalized spacial score (nSPS) is 30.3. The van der Waals surface area contributed by atoms with Crippen molar-refractivity contribution in [3.63, 3.8) is 0 Å². The van der Waals surface area contributed by atoms with Gasteiger partial charge in [0.2, 0.25) is 0 Å². The van der Waals surface area contributed by atoms with E-state index in [2.05, 4.69) is 9.80 Å². The standard InChI is InChI=1S/C36H52FN3O6/c1-25-8-10-32(41)24-34(42)46-35(27(3)20-28-21-29(37)23-31(22-28)39-16-18-44-19-17-39)26(2)9-11-33(25)45-36(43)40-14-12-38(13-15-40)30-6-4-5-7-30/h9,11,20-23,25-26,30,32-33,35,41H,4-8,10,12-19,24H2,1-3H3/b11-9-,27-20+/t25-,26-,32+,33-,35-/m0/s1. The maximum absolute atomic E-state index is 14.7. The van der Waals surface area contributed by atoms with E-state index in [9.17, 15) is 19.1 Å². The average Bonchev–Trinajstić information content (AvgIpc) is 3.59. The fourth-order valence-corrected chi connectivity index (χ4v) is 7.21. The van der Waals surface area contributed by atoms with Crippen LogP contribution in [-0.4, -0.2) is 104 Å². The summed E-state index contributed by atoms with van der Waals surface area (Å²) in [6, 6.07) is 5.58. The van der Waals surface area contributed by atoms with E-state index in [-0.39, 0.29) is 30.2 Å². The highest BCUT2D eigenvalue weighted by Gasteiger charge is 2.31. The molecule has 3 heterocycles. The molecule has 3 fully saturated rings. The minimum Gasteiger partial charge on any atom is -0.457 e. The molecule has 0 radical (unpaired) electrons. The molecule has 4 aliphatic rings. The zero-order chi connectivity index (χ0) is 32.6. The number of benzene rings is 1. The Balaban J connectivity index is 1.30. The van der Waals surface area contributed by atoms with Gasteiger partial charge >= 0.3 is 12.1 Å². The molecular formula is C36H52FN3O6. The van der Waals surface area contributed by atoms with Crippen LogP contribution in [-0.2, 0) is 19.0 Å². The molecule has 1 aliphatic carbocycles. The summed E-state index contributed by atoms with van der Waals surface area (Å²) in [5, 5.41) is 10.7. The van der Waals surface area contributed by atoms with Crippen molar-refractivity contribution >= 4 is 23.8 Å². The van der Waals surface area contributed by atoms with E-state index in [1.165, 1.54) is 37.8 Å². The quantitative estimate of drug-likeness (QED) is 0.337. The van der Waals surface area contributed by atoms with Crippen LogP contribution >= 0.6 is 0 Å². The molecule has 1 saturated carbocycles. The molecule has 254 valence electrons. The molecule has 0 spiro atoms. The third-order valence-corrected chi connectivity index (χ3v) is 10.0. The number of ether oxygens (including phenoxy) is 3. The van der Waals surface area contributed by atoms with Crippen molar-refractivity contribution in [3.8, 4) is 0 Å². The second kappa shape index (κ2) is 16.2. The SMILES string of the molecule is C/C(=C\c1cc(F)cc(N2CCOCC2)c1)[C@H]1OC(=O)C[C@H](O)CC[C@H](C)[C@@H](OC(=O)N2CCN(C3CCCC3)CC2)/C=C\[C@@H]1C. The van der Waals surface area contributed by atoms with Crippen molar-refractivity contribution < 1.29 is 33.3 Å². The number of carbonyl (C=O) groups excluding carboxylic acids is 2. The molecule has 2 saturated heterocycles. The largest absolute Gasteiger partial charge is 0.457 e. The molecule has 5 atom stereocenters. The molecule has 5 rings (SSSR count). The minimum absolute atomic E-state index is 0.0572. The first kappa shape index (κ1) is 34.4. The van der Waals surface area contributed by atoms with Gasteiger partial charge in [-0.1, -0.05) is 38.8 Å². The van der Waals surface area contributed by atoms with Crippen LogP contribution in [0.5, 0.6) is 0 Å². The number of aliphatic hydroxyl groups is 1. The first-order valence-corrected chi connectivity index (χ1v) is 17.2. The van der Waals surface area contributed by atoms with Crippen molar-refractivity contribution in [1.82, 2.24) is 9.80 Å². The van der Waals surface area contributed by atoms with E-state index in [1.807, 2.05) is 50.0 Å². The lowest BCUT2D eigenvalue weighted by molar-refractivity contribution is -0.151. The number of carbonyl (C=O) groups is 2. The summed E-state index contributed by atoms with van der Waals surface area (Å²) in [6.07, 6.45) is 9.34. The highest BCUT2D eigenvalue weighted by atomic mass is 19.1. The van der Waals surface area contributed by atoms with Gasteiger partial charge in [0, 0.05) is 56.9 Å². The van der Waals surface area contributed by atoms with Gasteiger partial charge in [0.05, 0.1) is 25.7 Å². The van der Waals surface area contributed by atoms with E-state index >= 15 is 0 Å². The number of piperazine rings is 1. The van der Waals surface area contributed by atoms with Crippen LogP contribution in [0.25, 0.3) is 6.08 Å². The Morgan fingerprint density at radius 3 is 2.41 bits per heavy atom. The van der Waals surface area contributed by atoms with Crippen LogP contribution in [0.1, 0.15) is 71.3 Å². The molecule has 1 aromatic rings. The Labute approximate surface area is 273 Å². The smallest absolute Gasteiger partial charge is 0.410 e. The lowest BCUT2D eigenvalue weighted by atomic mass is 9.91. The predicted octanol–water partition coefficient (Wildman–Crippen LogP) is 5.42. The van der Waals surface area contributed by atoms with Crippen molar-refractivity contribution in [2.45, 2.75) is 90.1 Å². The van der Waals surface area contributed by atoms with Gasteiger partial charge in [-0.05, 0) is 73.9 Å². The van der Waals surface area contributed by atoms with E-state index in [0.717, 1.165) is 24.4 Å². The summed E-state index contributed by atoms with van der Waals surface area (Å²) in [4.78, 5) is 32.7. The van der Waals surface area contributed by atoms with Crippen LogP contribution in [0.4, 0.5) is 14.9 Å². The van der Waals surface area contributed by atoms with Gasteiger partial charge in [-0.15, -0.1) is 0 Å². The molecule has 1 N–H and O–H groups in total. The Hall–Kier alpha value is -2.95. The summed E-state index contributed by atoms with van der Waals surface area (Å²) in [5.74, 6) is -1.15.